The maximum atomic E-state index is 12.4. The Balaban J connectivity index is 1.79. The third-order valence-corrected chi connectivity index (χ3v) is 4.57. The standard InChI is InChI=1S/C17H24N2O2/c1-2-18-15(14-9-10-21-12-14)11-19-16-6-4-3-5-13(16)7-8-17(19)20/h3-6,14-15,18H,2,7-12H2,1H3. The van der Waals surface area contributed by atoms with Gasteiger partial charge in [-0.25, -0.2) is 0 Å². The number of likely N-dealkylation sites (N-methyl/N-ethyl adjacent to an activating group) is 1. The molecule has 3 rings (SSSR count). The van der Waals surface area contributed by atoms with Gasteiger partial charge in [0, 0.05) is 37.2 Å². The maximum absolute atomic E-state index is 12.4. The van der Waals surface area contributed by atoms with Crippen LogP contribution in [-0.4, -0.2) is 38.3 Å². The molecule has 1 amide bonds. The van der Waals surface area contributed by atoms with Gasteiger partial charge in [-0.1, -0.05) is 25.1 Å². The molecular weight excluding hydrogens is 264 g/mol. The van der Waals surface area contributed by atoms with Gasteiger partial charge in [-0.05, 0) is 31.0 Å². The first-order valence-electron chi connectivity index (χ1n) is 7.99. The Bertz CT molecular complexity index is 497. The highest BCUT2D eigenvalue weighted by Gasteiger charge is 2.31. The van der Waals surface area contributed by atoms with Gasteiger partial charge in [0.15, 0.2) is 0 Å². The van der Waals surface area contributed by atoms with Crippen LogP contribution in [0.5, 0.6) is 0 Å². The summed E-state index contributed by atoms with van der Waals surface area (Å²) in [5, 5.41) is 3.55. The number of para-hydroxylation sites is 1. The highest BCUT2D eigenvalue weighted by Crippen LogP contribution is 2.29. The lowest BCUT2D eigenvalue weighted by Crippen LogP contribution is -2.49. The Morgan fingerprint density at radius 1 is 1.38 bits per heavy atom. The third-order valence-electron chi connectivity index (χ3n) is 4.57. The monoisotopic (exact) mass is 288 g/mol. The van der Waals surface area contributed by atoms with E-state index in [4.69, 9.17) is 4.74 Å². The Kier molecular flexibility index (Phi) is 4.56. The predicted octanol–water partition coefficient (Wildman–Crippen LogP) is 1.98. The van der Waals surface area contributed by atoms with E-state index < -0.39 is 0 Å². The molecule has 2 unspecified atom stereocenters. The fourth-order valence-corrected chi connectivity index (χ4v) is 3.41. The van der Waals surface area contributed by atoms with Gasteiger partial charge in [-0.15, -0.1) is 0 Å². The number of amides is 1. The molecule has 2 atom stereocenters. The number of nitrogens with one attached hydrogen (secondary N) is 1. The van der Waals surface area contributed by atoms with Gasteiger partial charge in [0.1, 0.15) is 0 Å². The molecule has 1 fully saturated rings. The summed E-state index contributed by atoms with van der Waals surface area (Å²) < 4.78 is 5.53. The Hall–Kier alpha value is -1.39. The first-order valence-corrected chi connectivity index (χ1v) is 7.99. The van der Waals surface area contributed by atoms with E-state index in [1.165, 1.54) is 5.56 Å². The second-order valence-corrected chi connectivity index (χ2v) is 5.92. The molecule has 0 spiro atoms. The molecule has 4 nitrogen and oxygen atoms in total. The van der Waals surface area contributed by atoms with Crippen molar-refractivity contribution < 1.29 is 9.53 Å². The molecule has 0 bridgehead atoms. The lowest BCUT2D eigenvalue weighted by Gasteiger charge is -2.34. The smallest absolute Gasteiger partial charge is 0.227 e. The zero-order valence-electron chi connectivity index (χ0n) is 12.7. The van der Waals surface area contributed by atoms with Crippen molar-refractivity contribution in [1.29, 1.82) is 0 Å². The van der Waals surface area contributed by atoms with Crippen molar-refractivity contribution in [2.24, 2.45) is 5.92 Å². The summed E-state index contributed by atoms with van der Waals surface area (Å²) in [6.45, 7) is 5.44. The van der Waals surface area contributed by atoms with Crippen LogP contribution in [0.1, 0.15) is 25.3 Å². The predicted molar refractivity (Wildman–Crippen MR) is 83.5 cm³/mol. The summed E-state index contributed by atoms with van der Waals surface area (Å²) in [7, 11) is 0. The van der Waals surface area contributed by atoms with E-state index in [1.807, 2.05) is 11.0 Å². The van der Waals surface area contributed by atoms with Crippen molar-refractivity contribution in [2.75, 3.05) is 31.2 Å². The number of rotatable bonds is 5. The number of hydrogen-bond acceptors (Lipinski definition) is 3. The van der Waals surface area contributed by atoms with Crippen LogP contribution >= 0.6 is 0 Å². The molecule has 1 aromatic rings. The number of hydrogen-bond donors (Lipinski definition) is 1. The number of anilines is 1. The van der Waals surface area contributed by atoms with Crippen LogP contribution in [0.3, 0.4) is 0 Å². The Morgan fingerprint density at radius 2 is 2.24 bits per heavy atom. The summed E-state index contributed by atoms with van der Waals surface area (Å²) >= 11 is 0. The van der Waals surface area contributed by atoms with Crippen LogP contribution < -0.4 is 10.2 Å². The van der Waals surface area contributed by atoms with Crippen LogP contribution in [0.4, 0.5) is 5.69 Å². The third kappa shape index (κ3) is 3.11. The molecule has 1 saturated heterocycles. The molecule has 2 aliphatic rings. The zero-order valence-corrected chi connectivity index (χ0v) is 12.7. The number of nitrogens with zero attached hydrogens (tertiary/aromatic N) is 1. The first kappa shape index (κ1) is 14.5. The lowest BCUT2D eigenvalue weighted by molar-refractivity contribution is -0.119. The fourth-order valence-electron chi connectivity index (χ4n) is 3.41. The molecule has 2 heterocycles. The van der Waals surface area contributed by atoms with E-state index in [0.29, 0.717) is 18.4 Å². The van der Waals surface area contributed by atoms with Crippen molar-refractivity contribution in [3.8, 4) is 0 Å². The average molecular weight is 288 g/mol. The molecule has 1 aromatic carbocycles. The summed E-state index contributed by atoms with van der Waals surface area (Å²) in [6.07, 6.45) is 2.57. The molecule has 4 heteroatoms. The number of carbonyl (C=O) groups excluding carboxylic acids is 1. The number of benzene rings is 1. The molecule has 0 aromatic heterocycles. The van der Waals surface area contributed by atoms with Crippen LogP contribution in [0.25, 0.3) is 0 Å². The average Bonchev–Trinajstić information content (AvgIpc) is 3.03. The van der Waals surface area contributed by atoms with Crippen LogP contribution in [0.2, 0.25) is 0 Å². The maximum Gasteiger partial charge on any atom is 0.227 e. The van der Waals surface area contributed by atoms with E-state index in [9.17, 15) is 4.79 Å². The van der Waals surface area contributed by atoms with Crippen molar-refractivity contribution in [1.82, 2.24) is 5.32 Å². The van der Waals surface area contributed by atoms with Crippen LogP contribution in [-0.2, 0) is 16.0 Å². The summed E-state index contributed by atoms with van der Waals surface area (Å²) in [5.41, 5.74) is 2.38. The number of aryl methyl sites for hydroxylation is 1. The van der Waals surface area contributed by atoms with Crippen molar-refractivity contribution in [3.05, 3.63) is 29.8 Å². The van der Waals surface area contributed by atoms with Crippen molar-refractivity contribution in [2.45, 2.75) is 32.2 Å². The summed E-state index contributed by atoms with van der Waals surface area (Å²) in [4.78, 5) is 14.4. The fraction of sp³-hybridized carbons (Fsp3) is 0.588. The number of ether oxygens (including phenoxy) is 1. The van der Waals surface area contributed by atoms with Gasteiger partial charge in [-0.2, -0.15) is 0 Å². The summed E-state index contributed by atoms with van der Waals surface area (Å²) in [5.74, 6) is 0.752. The minimum absolute atomic E-state index is 0.246. The van der Waals surface area contributed by atoms with Crippen LogP contribution in [0.15, 0.2) is 24.3 Å². The van der Waals surface area contributed by atoms with Crippen LogP contribution in [0, 0.1) is 5.92 Å². The van der Waals surface area contributed by atoms with Gasteiger partial charge in [0.2, 0.25) is 5.91 Å². The highest BCUT2D eigenvalue weighted by atomic mass is 16.5. The molecule has 2 aliphatic heterocycles. The number of carbonyl (C=O) groups is 1. The molecule has 21 heavy (non-hydrogen) atoms. The quantitative estimate of drug-likeness (QED) is 0.901. The second-order valence-electron chi connectivity index (χ2n) is 5.92. The Labute approximate surface area is 126 Å². The van der Waals surface area contributed by atoms with Gasteiger partial charge in [0.05, 0.1) is 6.61 Å². The van der Waals surface area contributed by atoms with Gasteiger partial charge in [0.25, 0.3) is 0 Å². The molecule has 1 N–H and O–H groups in total. The SMILES string of the molecule is CCNC(CN1C(=O)CCc2ccccc21)C1CCOC1. The Morgan fingerprint density at radius 3 is 3.00 bits per heavy atom. The largest absolute Gasteiger partial charge is 0.381 e. The van der Waals surface area contributed by atoms with E-state index in [2.05, 4.69) is 30.4 Å². The van der Waals surface area contributed by atoms with Gasteiger partial charge in [-0.3, -0.25) is 4.79 Å². The van der Waals surface area contributed by atoms with Gasteiger partial charge >= 0.3 is 0 Å². The van der Waals surface area contributed by atoms with E-state index in [0.717, 1.165) is 44.8 Å². The normalized spacial score (nSPS) is 23.2. The molecule has 0 saturated carbocycles. The molecule has 0 radical (unpaired) electrons. The molecular formula is C17H24N2O2. The topological polar surface area (TPSA) is 41.6 Å². The second kappa shape index (κ2) is 6.58. The molecule has 0 aliphatic carbocycles. The van der Waals surface area contributed by atoms with Gasteiger partial charge < -0.3 is 15.0 Å². The zero-order chi connectivity index (χ0) is 14.7. The van der Waals surface area contributed by atoms with E-state index in [1.54, 1.807) is 0 Å². The van der Waals surface area contributed by atoms with E-state index in [-0.39, 0.29) is 5.91 Å². The van der Waals surface area contributed by atoms with E-state index >= 15 is 0 Å². The first-order chi connectivity index (χ1) is 10.3. The summed E-state index contributed by atoms with van der Waals surface area (Å²) in [6, 6.07) is 8.59. The minimum atomic E-state index is 0.246. The minimum Gasteiger partial charge on any atom is -0.381 e. The van der Waals surface area contributed by atoms with Crippen molar-refractivity contribution >= 4 is 11.6 Å². The molecule has 114 valence electrons. The lowest BCUT2D eigenvalue weighted by atomic mass is 9.95. The highest BCUT2D eigenvalue weighted by molar-refractivity contribution is 5.96. The van der Waals surface area contributed by atoms with Crippen molar-refractivity contribution in [3.63, 3.8) is 0 Å². The number of fused-ring (bicyclic) bond motifs is 1.